The summed E-state index contributed by atoms with van der Waals surface area (Å²) >= 11 is 0. The van der Waals surface area contributed by atoms with Crippen molar-refractivity contribution in [1.29, 1.82) is 0 Å². The summed E-state index contributed by atoms with van der Waals surface area (Å²) in [5.41, 5.74) is 14.5. The van der Waals surface area contributed by atoms with Crippen molar-refractivity contribution < 1.29 is 0 Å². The van der Waals surface area contributed by atoms with Crippen LogP contribution in [0.2, 0.25) is 0 Å². The van der Waals surface area contributed by atoms with E-state index < -0.39 is 0 Å². The zero-order valence-electron chi connectivity index (χ0n) is 35.0. The molecule has 12 aromatic rings. The lowest BCUT2D eigenvalue weighted by Gasteiger charge is -2.19. The first-order valence-corrected chi connectivity index (χ1v) is 21.9. The van der Waals surface area contributed by atoms with E-state index in [1.54, 1.807) is 0 Å². The molecule has 0 aliphatic carbocycles. The summed E-state index contributed by atoms with van der Waals surface area (Å²) in [7, 11) is 0. The third-order valence-electron chi connectivity index (χ3n) is 12.7. The third kappa shape index (κ3) is 6.61. The standard InChI is InChI=1S/C62H40N2/c1-3-16-48(17-4-1)60-55-24-12-11-23-54(55)59(56-39-38-44-15-8-10-22-53(44)61(56)60)49-36-28-42(29-37-49)41-26-32-46(33-27-41)57-40-58(64-62(63-57)50-18-5-2-6-19-50)47-34-30-45(31-35-47)52-25-13-20-43-14-7-9-21-51(43)52/h1-40H. The maximum absolute atomic E-state index is 5.13. The van der Waals surface area contributed by atoms with Crippen LogP contribution in [0, 0.1) is 0 Å². The Hall–Kier alpha value is -8.46. The van der Waals surface area contributed by atoms with E-state index >= 15 is 0 Å². The van der Waals surface area contributed by atoms with Crippen LogP contribution < -0.4 is 0 Å². The smallest absolute Gasteiger partial charge is 0.160 e. The monoisotopic (exact) mass is 812 g/mol. The van der Waals surface area contributed by atoms with Crippen molar-refractivity contribution in [3.05, 3.63) is 243 Å². The number of benzene rings is 11. The Morgan fingerprint density at radius 3 is 1.30 bits per heavy atom. The molecule has 0 unspecified atom stereocenters. The predicted octanol–water partition coefficient (Wildman–Crippen LogP) is 16.8. The van der Waals surface area contributed by atoms with Gasteiger partial charge in [-0.1, -0.05) is 237 Å². The molecule has 0 bridgehead atoms. The first-order chi connectivity index (χ1) is 31.7. The fourth-order valence-corrected chi connectivity index (χ4v) is 9.58. The molecule has 0 saturated heterocycles. The molecule has 1 heterocycles. The zero-order chi connectivity index (χ0) is 42.4. The summed E-state index contributed by atoms with van der Waals surface area (Å²) in [4.78, 5) is 10.2. The zero-order valence-corrected chi connectivity index (χ0v) is 35.0. The van der Waals surface area contributed by atoms with Gasteiger partial charge >= 0.3 is 0 Å². The van der Waals surface area contributed by atoms with E-state index in [-0.39, 0.29) is 0 Å². The van der Waals surface area contributed by atoms with Crippen LogP contribution in [-0.2, 0) is 0 Å². The number of hydrogen-bond donors (Lipinski definition) is 0. The second kappa shape index (κ2) is 15.8. The number of hydrogen-bond acceptors (Lipinski definition) is 2. The topological polar surface area (TPSA) is 25.8 Å². The number of aromatic nitrogens is 2. The third-order valence-corrected chi connectivity index (χ3v) is 12.7. The minimum atomic E-state index is 0.704. The quantitative estimate of drug-likeness (QED) is 0.118. The molecule has 0 aliphatic rings. The highest BCUT2D eigenvalue weighted by atomic mass is 14.9. The lowest BCUT2D eigenvalue weighted by molar-refractivity contribution is 1.18. The predicted molar refractivity (Wildman–Crippen MR) is 270 cm³/mol. The van der Waals surface area contributed by atoms with Crippen LogP contribution in [0.5, 0.6) is 0 Å². The summed E-state index contributed by atoms with van der Waals surface area (Å²) in [6.45, 7) is 0. The minimum Gasteiger partial charge on any atom is -0.228 e. The van der Waals surface area contributed by atoms with Crippen LogP contribution in [0.4, 0.5) is 0 Å². The van der Waals surface area contributed by atoms with E-state index in [9.17, 15) is 0 Å². The molecular weight excluding hydrogens is 773 g/mol. The van der Waals surface area contributed by atoms with Crippen LogP contribution in [-0.4, -0.2) is 9.97 Å². The Morgan fingerprint density at radius 2 is 0.672 bits per heavy atom. The van der Waals surface area contributed by atoms with Crippen molar-refractivity contribution in [2.24, 2.45) is 0 Å². The highest BCUT2D eigenvalue weighted by Crippen LogP contribution is 2.46. The van der Waals surface area contributed by atoms with E-state index in [0.29, 0.717) is 5.82 Å². The van der Waals surface area contributed by atoms with Gasteiger partial charge in [-0.05, 0) is 93.7 Å². The fraction of sp³-hybridized carbons (Fsp3) is 0. The summed E-state index contributed by atoms with van der Waals surface area (Å²) in [6.07, 6.45) is 0. The Balaban J connectivity index is 0.908. The summed E-state index contributed by atoms with van der Waals surface area (Å²) in [5, 5.41) is 10.1. The molecule has 1 aromatic heterocycles. The summed E-state index contributed by atoms with van der Waals surface area (Å²) in [5.74, 6) is 0.704. The SMILES string of the molecule is c1ccc(-c2nc(-c3ccc(-c4ccc(-c5c6ccccc6c(-c6ccccc6)c6c5ccc5ccccc56)cc4)cc3)cc(-c3ccc(-c4cccc5ccccc45)cc3)n2)cc1. The molecular formula is C62H40N2. The molecule has 0 spiro atoms. The van der Waals surface area contributed by atoms with Gasteiger partial charge in [-0.15, -0.1) is 0 Å². The Morgan fingerprint density at radius 1 is 0.234 bits per heavy atom. The van der Waals surface area contributed by atoms with Crippen LogP contribution in [0.1, 0.15) is 0 Å². The van der Waals surface area contributed by atoms with E-state index in [1.165, 1.54) is 76.5 Å². The average molecular weight is 813 g/mol. The van der Waals surface area contributed by atoms with Crippen molar-refractivity contribution in [1.82, 2.24) is 9.97 Å². The minimum absolute atomic E-state index is 0.704. The molecule has 0 atom stereocenters. The molecule has 11 aromatic carbocycles. The number of nitrogens with zero attached hydrogens (tertiary/aromatic N) is 2. The normalized spacial score (nSPS) is 11.4. The van der Waals surface area contributed by atoms with Gasteiger partial charge < -0.3 is 0 Å². The Labute approximate surface area is 372 Å². The van der Waals surface area contributed by atoms with Gasteiger partial charge in [0, 0.05) is 16.7 Å². The first-order valence-electron chi connectivity index (χ1n) is 21.9. The lowest BCUT2D eigenvalue weighted by atomic mass is 9.84. The van der Waals surface area contributed by atoms with Gasteiger partial charge in [-0.2, -0.15) is 0 Å². The molecule has 0 aliphatic heterocycles. The van der Waals surface area contributed by atoms with Crippen molar-refractivity contribution in [2.75, 3.05) is 0 Å². The van der Waals surface area contributed by atoms with Crippen molar-refractivity contribution >= 4 is 43.1 Å². The van der Waals surface area contributed by atoms with E-state index in [0.717, 1.165) is 39.2 Å². The van der Waals surface area contributed by atoms with Crippen LogP contribution in [0.25, 0.3) is 122 Å². The lowest BCUT2D eigenvalue weighted by Crippen LogP contribution is -1.96. The highest BCUT2D eigenvalue weighted by Gasteiger charge is 2.19. The molecule has 298 valence electrons. The molecule has 0 radical (unpaired) electrons. The second-order valence-electron chi connectivity index (χ2n) is 16.5. The largest absolute Gasteiger partial charge is 0.228 e. The van der Waals surface area contributed by atoms with E-state index in [4.69, 9.17) is 9.97 Å². The second-order valence-corrected chi connectivity index (χ2v) is 16.5. The van der Waals surface area contributed by atoms with Gasteiger partial charge in [0.25, 0.3) is 0 Å². The van der Waals surface area contributed by atoms with Crippen molar-refractivity contribution in [2.45, 2.75) is 0 Å². The Kier molecular flexibility index (Phi) is 9.20. The maximum Gasteiger partial charge on any atom is 0.160 e. The summed E-state index contributed by atoms with van der Waals surface area (Å²) in [6, 6.07) is 87.1. The van der Waals surface area contributed by atoms with Crippen LogP contribution in [0.3, 0.4) is 0 Å². The number of rotatable bonds is 7. The van der Waals surface area contributed by atoms with Crippen LogP contribution >= 0.6 is 0 Å². The highest BCUT2D eigenvalue weighted by molar-refractivity contribution is 6.27. The van der Waals surface area contributed by atoms with E-state index in [1.807, 2.05) is 18.2 Å². The van der Waals surface area contributed by atoms with Gasteiger partial charge in [0.05, 0.1) is 11.4 Å². The molecule has 64 heavy (non-hydrogen) atoms. The Bertz CT molecular complexity index is 3660. The molecule has 2 nitrogen and oxygen atoms in total. The summed E-state index contributed by atoms with van der Waals surface area (Å²) < 4.78 is 0. The van der Waals surface area contributed by atoms with Crippen LogP contribution in [0.15, 0.2) is 243 Å². The van der Waals surface area contributed by atoms with E-state index in [2.05, 4.69) is 224 Å². The fourth-order valence-electron chi connectivity index (χ4n) is 9.58. The van der Waals surface area contributed by atoms with Gasteiger partial charge in [0.1, 0.15) is 0 Å². The maximum atomic E-state index is 5.13. The molecule has 0 amide bonds. The molecule has 0 N–H and O–H groups in total. The van der Waals surface area contributed by atoms with Crippen molar-refractivity contribution in [3.8, 4) is 78.4 Å². The van der Waals surface area contributed by atoms with Gasteiger partial charge in [0.2, 0.25) is 0 Å². The number of fused-ring (bicyclic) bond motifs is 5. The molecule has 12 rings (SSSR count). The first kappa shape index (κ1) is 37.3. The molecule has 0 fully saturated rings. The van der Waals surface area contributed by atoms with Gasteiger partial charge in [-0.3, -0.25) is 0 Å². The van der Waals surface area contributed by atoms with Crippen molar-refractivity contribution in [3.63, 3.8) is 0 Å². The van der Waals surface area contributed by atoms with Gasteiger partial charge in [-0.25, -0.2) is 9.97 Å². The molecule has 0 saturated carbocycles. The molecule has 2 heteroatoms. The van der Waals surface area contributed by atoms with Gasteiger partial charge in [0.15, 0.2) is 5.82 Å². The average Bonchev–Trinajstić information content (AvgIpc) is 3.38.